The van der Waals surface area contributed by atoms with Gasteiger partial charge >= 0.3 is 12.1 Å². The molecule has 2 heterocycles. The predicted molar refractivity (Wildman–Crippen MR) is 70.7 cm³/mol. The number of nitrogens with one attached hydrogen (secondary N) is 1. The minimum Gasteiger partial charge on any atom is -0.475 e. The number of aliphatic carboxylic acids is 1. The van der Waals surface area contributed by atoms with Crippen LogP contribution in [0.15, 0.2) is 9.52 Å². The lowest BCUT2D eigenvalue weighted by atomic mass is 10.1. The highest BCUT2D eigenvalue weighted by atomic mass is 19.4. The van der Waals surface area contributed by atoms with E-state index in [1.807, 2.05) is 0 Å². The molecule has 1 atom stereocenters. The molecule has 22 heavy (non-hydrogen) atoms. The standard InChI is InChI=1S/C10H16N4O.C2HF3O2/c1-2-3-4-9-13-10(15-14-9)8-5-11-7-12-6-8;3-2(4,5)1(6)7/h7-8H,2-6H2,1H3,(H,11,12);(H,6,7). The number of aromatic nitrogens is 2. The van der Waals surface area contributed by atoms with E-state index in [1.165, 1.54) is 0 Å². The molecule has 0 spiro atoms. The molecule has 1 aromatic heterocycles. The Hall–Kier alpha value is -2.13. The van der Waals surface area contributed by atoms with Crippen LogP contribution in [0.4, 0.5) is 13.2 Å². The fourth-order valence-electron chi connectivity index (χ4n) is 1.54. The van der Waals surface area contributed by atoms with Gasteiger partial charge in [-0.2, -0.15) is 18.2 Å². The van der Waals surface area contributed by atoms with E-state index in [0.717, 1.165) is 38.2 Å². The molecule has 0 saturated heterocycles. The van der Waals surface area contributed by atoms with Crippen LogP contribution in [0.25, 0.3) is 0 Å². The summed E-state index contributed by atoms with van der Waals surface area (Å²) in [5.74, 6) is -0.989. The van der Waals surface area contributed by atoms with Gasteiger partial charge in [0.15, 0.2) is 5.82 Å². The Morgan fingerprint density at radius 3 is 2.73 bits per heavy atom. The number of carboxylic acids is 1. The first-order valence-corrected chi connectivity index (χ1v) is 6.68. The number of alkyl halides is 3. The number of unbranched alkanes of at least 4 members (excludes halogenated alkanes) is 1. The lowest BCUT2D eigenvalue weighted by Gasteiger charge is -2.13. The van der Waals surface area contributed by atoms with Gasteiger partial charge in [-0.3, -0.25) is 4.99 Å². The number of aliphatic imine (C=N–C) groups is 1. The van der Waals surface area contributed by atoms with Gasteiger partial charge in [-0.25, -0.2) is 4.79 Å². The number of nitrogens with zero attached hydrogens (tertiary/aromatic N) is 3. The molecule has 0 aromatic carbocycles. The average molecular weight is 322 g/mol. The summed E-state index contributed by atoms with van der Waals surface area (Å²) in [5.41, 5.74) is 0. The number of halogens is 3. The summed E-state index contributed by atoms with van der Waals surface area (Å²) in [4.78, 5) is 17.4. The molecule has 1 aliphatic rings. The molecule has 0 saturated carbocycles. The summed E-state index contributed by atoms with van der Waals surface area (Å²) < 4.78 is 37.0. The van der Waals surface area contributed by atoms with E-state index in [0.29, 0.717) is 5.89 Å². The van der Waals surface area contributed by atoms with Crippen molar-refractivity contribution in [2.45, 2.75) is 38.3 Å². The Morgan fingerprint density at radius 1 is 1.55 bits per heavy atom. The summed E-state index contributed by atoms with van der Waals surface area (Å²) in [6.07, 6.45) is -0.187. The van der Waals surface area contributed by atoms with Gasteiger partial charge in [-0.15, -0.1) is 0 Å². The van der Waals surface area contributed by atoms with Crippen LogP contribution in [-0.4, -0.2) is 46.8 Å². The average Bonchev–Trinajstić information content (AvgIpc) is 2.94. The Balaban J connectivity index is 0.000000295. The van der Waals surface area contributed by atoms with Gasteiger partial charge in [0.05, 0.1) is 18.8 Å². The number of carbonyl (C=O) groups is 1. The molecule has 1 aromatic rings. The van der Waals surface area contributed by atoms with Gasteiger partial charge in [0.2, 0.25) is 5.89 Å². The first-order valence-electron chi connectivity index (χ1n) is 6.68. The summed E-state index contributed by atoms with van der Waals surface area (Å²) in [6.45, 7) is 3.72. The molecule has 2 N–H and O–H groups in total. The molecule has 0 radical (unpaired) electrons. The molecule has 2 rings (SSSR count). The van der Waals surface area contributed by atoms with Crippen LogP contribution in [0.1, 0.15) is 37.4 Å². The second kappa shape index (κ2) is 8.35. The molecule has 0 aliphatic carbocycles. The van der Waals surface area contributed by atoms with Gasteiger partial charge in [0.25, 0.3) is 0 Å². The molecular weight excluding hydrogens is 305 g/mol. The summed E-state index contributed by atoms with van der Waals surface area (Å²) in [6, 6.07) is 0. The molecule has 0 fully saturated rings. The highest BCUT2D eigenvalue weighted by molar-refractivity contribution is 5.73. The second-order valence-electron chi connectivity index (χ2n) is 4.55. The molecule has 10 heteroatoms. The van der Waals surface area contributed by atoms with Crippen molar-refractivity contribution in [3.8, 4) is 0 Å². The Bertz CT molecular complexity index is 502. The van der Waals surface area contributed by atoms with E-state index in [-0.39, 0.29) is 5.92 Å². The van der Waals surface area contributed by atoms with Crippen molar-refractivity contribution in [2.75, 3.05) is 13.1 Å². The van der Waals surface area contributed by atoms with Gasteiger partial charge < -0.3 is 14.9 Å². The number of carboxylic acid groups (broad SMARTS) is 1. The van der Waals surface area contributed by atoms with Gasteiger partial charge in [0, 0.05) is 13.0 Å². The molecule has 7 nitrogen and oxygen atoms in total. The van der Waals surface area contributed by atoms with E-state index < -0.39 is 12.1 Å². The highest BCUT2D eigenvalue weighted by Crippen LogP contribution is 2.15. The Morgan fingerprint density at radius 2 is 2.23 bits per heavy atom. The van der Waals surface area contributed by atoms with Crippen molar-refractivity contribution in [3.05, 3.63) is 11.7 Å². The SMILES string of the molecule is CCCCc1noc(C2CN=CNC2)n1.O=C(O)C(F)(F)F. The van der Waals surface area contributed by atoms with E-state index in [4.69, 9.17) is 14.4 Å². The monoisotopic (exact) mass is 322 g/mol. The first-order chi connectivity index (χ1) is 10.3. The maximum Gasteiger partial charge on any atom is 0.490 e. The topological polar surface area (TPSA) is 101 Å². The van der Waals surface area contributed by atoms with Crippen LogP contribution in [0.2, 0.25) is 0 Å². The lowest BCUT2D eigenvalue weighted by Crippen LogP contribution is -2.27. The van der Waals surface area contributed by atoms with Crippen molar-refractivity contribution in [1.82, 2.24) is 15.5 Å². The summed E-state index contributed by atoms with van der Waals surface area (Å²) in [5, 5.41) is 14.2. The third-order valence-corrected chi connectivity index (χ3v) is 2.70. The minimum absolute atomic E-state index is 0.234. The van der Waals surface area contributed by atoms with E-state index in [1.54, 1.807) is 6.34 Å². The van der Waals surface area contributed by atoms with Crippen LogP contribution >= 0.6 is 0 Å². The molecule has 1 unspecified atom stereocenters. The van der Waals surface area contributed by atoms with Gasteiger partial charge in [-0.05, 0) is 6.42 Å². The van der Waals surface area contributed by atoms with E-state index in [2.05, 4.69) is 27.4 Å². The van der Waals surface area contributed by atoms with Crippen LogP contribution < -0.4 is 5.32 Å². The smallest absolute Gasteiger partial charge is 0.475 e. The fraction of sp³-hybridized carbons (Fsp3) is 0.667. The maximum atomic E-state index is 10.6. The van der Waals surface area contributed by atoms with Gasteiger partial charge in [-0.1, -0.05) is 18.5 Å². The highest BCUT2D eigenvalue weighted by Gasteiger charge is 2.38. The Labute approximate surface area is 124 Å². The first kappa shape index (κ1) is 17.9. The molecule has 1 aliphatic heterocycles. The number of aryl methyl sites for hydroxylation is 1. The van der Waals surface area contributed by atoms with Crippen molar-refractivity contribution in [2.24, 2.45) is 4.99 Å². The third kappa shape index (κ3) is 6.10. The Kier molecular flexibility index (Phi) is 6.80. The van der Waals surface area contributed by atoms with Crippen LogP contribution in [0, 0.1) is 0 Å². The maximum absolute atomic E-state index is 10.6. The summed E-state index contributed by atoms with van der Waals surface area (Å²) in [7, 11) is 0. The largest absolute Gasteiger partial charge is 0.490 e. The normalized spacial score (nSPS) is 17.4. The van der Waals surface area contributed by atoms with Crippen LogP contribution in [0.5, 0.6) is 0 Å². The molecular formula is C12H17F3N4O3. The number of rotatable bonds is 4. The van der Waals surface area contributed by atoms with Gasteiger partial charge in [0.1, 0.15) is 0 Å². The minimum atomic E-state index is -5.08. The quantitative estimate of drug-likeness (QED) is 0.876. The zero-order chi connectivity index (χ0) is 16.6. The zero-order valence-electron chi connectivity index (χ0n) is 11.9. The number of hydrogen-bond acceptors (Lipinski definition) is 6. The lowest BCUT2D eigenvalue weighted by molar-refractivity contribution is -0.192. The molecule has 124 valence electrons. The van der Waals surface area contributed by atoms with Crippen LogP contribution in [-0.2, 0) is 11.2 Å². The molecule has 0 amide bonds. The van der Waals surface area contributed by atoms with Crippen molar-refractivity contribution in [3.63, 3.8) is 0 Å². The van der Waals surface area contributed by atoms with Crippen LogP contribution in [0.3, 0.4) is 0 Å². The van der Waals surface area contributed by atoms with Crippen molar-refractivity contribution in [1.29, 1.82) is 0 Å². The second-order valence-corrected chi connectivity index (χ2v) is 4.55. The van der Waals surface area contributed by atoms with E-state index >= 15 is 0 Å². The predicted octanol–water partition coefficient (Wildman–Crippen LogP) is 1.76. The zero-order valence-corrected chi connectivity index (χ0v) is 11.9. The van der Waals surface area contributed by atoms with E-state index in [9.17, 15) is 13.2 Å². The molecule has 0 bridgehead atoms. The fourth-order valence-corrected chi connectivity index (χ4v) is 1.54. The third-order valence-electron chi connectivity index (χ3n) is 2.70. The number of hydrogen-bond donors (Lipinski definition) is 2. The summed E-state index contributed by atoms with van der Waals surface area (Å²) >= 11 is 0. The van der Waals surface area contributed by atoms with Crippen molar-refractivity contribution >= 4 is 12.3 Å². The van der Waals surface area contributed by atoms with Crippen molar-refractivity contribution < 1.29 is 27.6 Å².